The SMILES string of the molecule is COc1cn(-c2ccccc2I)c(C(=O)O)cc1=O. The number of aromatic nitrogens is 1. The molecule has 2 rings (SSSR count). The number of carbonyl (C=O) groups is 1. The average molecular weight is 371 g/mol. The van der Waals surface area contributed by atoms with Crippen molar-refractivity contribution in [2.45, 2.75) is 0 Å². The molecule has 0 atom stereocenters. The van der Waals surface area contributed by atoms with Crippen LogP contribution in [0.25, 0.3) is 5.69 Å². The molecule has 19 heavy (non-hydrogen) atoms. The molecular weight excluding hydrogens is 361 g/mol. The molecule has 0 bridgehead atoms. The van der Waals surface area contributed by atoms with Crippen molar-refractivity contribution in [3.8, 4) is 11.4 Å². The number of pyridine rings is 1. The van der Waals surface area contributed by atoms with Crippen LogP contribution in [0.1, 0.15) is 10.5 Å². The minimum Gasteiger partial charge on any atom is -0.491 e. The number of benzene rings is 1. The third-order valence-corrected chi connectivity index (χ3v) is 3.48. The van der Waals surface area contributed by atoms with E-state index in [-0.39, 0.29) is 11.4 Å². The van der Waals surface area contributed by atoms with E-state index in [2.05, 4.69) is 22.6 Å². The minimum absolute atomic E-state index is 0.102. The Morgan fingerprint density at radius 2 is 2.05 bits per heavy atom. The molecule has 0 unspecified atom stereocenters. The monoisotopic (exact) mass is 371 g/mol. The second kappa shape index (κ2) is 5.43. The zero-order chi connectivity index (χ0) is 14.0. The van der Waals surface area contributed by atoms with Gasteiger partial charge in [0.1, 0.15) is 5.69 Å². The standard InChI is InChI=1S/C13H10INO4/c1-19-12-7-15(9-5-3-2-4-8(9)14)10(13(17)18)6-11(12)16/h2-7H,1H3,(H,17,18). The molecule has 0 aliphatic rings. The number of aromatic carboxylic acids is 1. The molecule has 1 heterocycles. The van der Waals surface area contributed by atoms with E-state index in [1.165, 1.54) is 17.9 Å². The molecule has 6 heteroatoms. The first-order valence-corrected chi connectivity index (χ1v) is 6.41. The fraction of sp³-hybridized carbons (Fsp3) is 0.0769. The largest absolute Gasteiger partial charge is 0.491 e. The zero-order valence-electron chi connectivity index (χ0n) is 9.96. The van der Waals surface area contributed by atoms with E-state index < -0.39 is 11.4 Å². The summed E-state index contributed by atoms with van der Waals surface area (Å²) >= 11 is 2.10. The molecule has 1 aromatic heterocycles. The first-order chi connectivity index (χ1) is 9.04. The number of rotatable bonds is 3. The van der Waals surface area contributed by atoms with E-state index in [1.54, 1.807) is 12.1 Å². The van der Waals surface area contributed by atoms with Crippen molar-refractivity contribution < 1.29 is 14.6 Å². The molecule has 1 aromatic carbocycles. The van der Waals surface area contributed by atoms with Crippen molar-refractivity contribution in [1.82, 2.24) is 4.57 Å². The van der Waals surface area contributed by atoms with E-state index in [0.29, 0.717) is 5.69 Å². The third kappa shape index (κ3) is 2.62. The summed E-state index contributed by atoms with van der Waals surface area (Å²) in [6.45, 7) is 0. The number of para-hydroxylation sites is 1. The smallest absolute Gasteiger partial charge is 0.353 e. The van der Waals surface area contributed by atoms with Gasteiger partial charge in [-0.15, -0.1) is 0 Å². The van der Waals surface area contributed by atoms with Crippen LogP contribution in [0.3, 0.4) is 0 Å². The Hall–Kier alpha value is -1.83. The van der Waals surface area contributed by atoms with Gasteiger partial charge in [0.2, 0.25) is 5.43 Å². The quantitative estimate of drug-likeness (QED) is 0.840. The van der Waals surface area contributed by atoms with Crippen molar-refractivity contribution in [3.05, 3.63) is 56.0 Å². The number of hydrogen-bond donors (Lipinski definition) is 1. The Kier molecular flexibility index (Phi) is 3.89. The van der Waals surface area contributed by atoms with Crippen LogP contribution in [-0.4, -0.2) is 22.8 Å². The summed E-state index contributed by atoms with van der Waals surface area (Å²) in [5.74, 6) is -1.07. The van der Waals surface area contributed by atoms with Crippen LogP contribution in [0.15, 0.2) is 41.3 Å². The summed E-state index contributed by atoms with van der Waals surface area (Å²) in [6, 6.07) is 8.34. The Morgan fingerprint density at radius 3 is 2.63 bits per heavy atom. The van der Waals surface area contributed by atoms with Gasteiger partial charge in [-0.3, -0.25) is 4.79 Å². The van der Waals surface area contributed by atoms with Crippen LogP contribution < -0.4 is 10.2 Å². The Morgan fingerprint density at radius 1 is 1.37 bits per heavy atom. The second-order valence-electron chi connectivity index (χ2n) is 3.72. The van der Waals surface area contributed by atoms with Gasteiger partial charge in [-0.1, -0.05) is 12.1 Å². The van der Waals surface area contributed by atoms with Gasteiger partial charge in [0.25, 0.3) is 0 Å². The molecule has 0 fully saturated rings. The molecule has 0 saturated heterocycles. The Bertz CT molecular complexity index is 693. The van der Waals surface area contributed by atoms with Gasteiger partial charge in [-0.2, -0.15) is 0 Å². The van der Waals surface area contributed by atoms with Crippen molar-refractivity contribution in [1.29, 1.82) is 0 Å². The van der Waals surface area contributed by atoms with Gasteiger partial charge < -0.3 is 14.4 Å². The molecule has 0 radical (unpaired) electrons. The molecule has 98 valence electrons. The number of methoxy groups -OCH3 is 1. The molecule has 5 nitrogen and oxygen atoms in total. The minimum atomic E-state index is -1.17. The maximum atomic E-state index is 11.6. The Labute approximate surface area is 122 Å². The molecule has 0 aliphatic carbocycles. The lowest BCUT2D eigenvalue weighted by Crippen LogP contribution is -2.17. The summed E-state index contributed by atoms with van der Waals surface area (Å²) in [7, 11) is 1.37. The fourth-order valence-corrected chi connectivity index (χ4v) is 2.33. The van der Waals surface area contributed by atoms with Crippen molar-refractivity contribution in [2.24, 2.45) is 0 Å². The van der Waals surface area contributed by atoms with Crippen LogP contribution >= 0.6 is 22.6 Å². The maximum absolute atomic E-state index is 11.6. The number of halogens is 1. The number of nitrogens with zero attached hydrogens (tertiary/aromatic N) is 1. The lowest BCUT2D eigenvalue weighted by molar-refractivity contribution is 0.0687. The second-order valence-corrected chi connectivity index (χ2v) is 4.88. The highest BCUT2D eigenvalue weighted by Crippen LogP contribution is 2.20. The van der Waals surface area contributed by atoms with Gasteiger partial charge in [-0.05, 0) is 34.7 Å². The first kappa shape index (κ1) is 13.6. The van der Waals surface area contributed by atoms with Gasteiger partial charge in [-0.25, -0.2) is 4.79 Å². The number of ether oxygens (including phenoxy) is 1. The highest BCUT2D eigenvalue weighted by atomic mass is 127. The van der Waals surface area contributed by atoms with E-state index in [4.69, 9.17) is 4.74 Å². The van der Waals surface area contributed by atoms with Crippen LogP contribution in [-0.2, 0) is 0 Å². The molecule has 2 aromatic rings. The lowest BCUT2D eigenvalue weighted by atomic mass is 10.2. The van der Waals surface area contributed by atoms with Crippen LogP contribution in [0, 0.1) is 3.57 Å². The fourth-order valence-electron chi connectivity index (χ4n) is 1.68. The molecule has 0 amide bonds. The van der Waals surface area contributed by atoms with Gasteiger partial charge in [0, 0.05) is 9.64 Å². The van der Waals surface area contributed by atoms with Gasteiger partial charge >= 0.3 is 5.97 Å². The van der Waals surface area contributed by atoms with E-state index in [1.807, 2.05) is 12.1 Å². The molecular formula is C13H10INO4. The van der Waals surface area contributed by atoms with Crippen LogP contribution in [0.2, 0.25) is 0 Å². The lowest BCUT2D eigenvalue weighted by Gasteiger charge is -2.13. The summed E-state index contributed by atoms with van der Waals surface area (Å²) < 4.78 is 7.26. The topological polar surface area (TPSA) is 68.5 Å². The molecule has 0 aliphatic heterocycles. The van der Waals surface area contributed by atoms with E-state index in [0.717, 1.165) is 9.64 Å². The summed E-state index contributed by atoms with van der Waals surface area (Å²) in [5, 5.41) is 9.20. The van der Waals surface area contributed by atoms with Crippen LogP contribution in [0.5, 0.6) is 5.75 Å². The number of carboxylic acids is 1. The summed E-state index contributed by atoms with van der Waals surface area (Å²) in [5.41, 5.74) is 0.121. The highest BCUT2D eigenvalue weighted by Gasteiger charge is 2.15. The number of hydrogen-bond acceptors (Lipinski definition) is 3. The van der Waals surface area contributed by atoms with Crippen LogP contribution in [0.4, 0.5) is 0 Å². The zero-order valence-corrected chi connectivity index (χ0v) is 12.1. The normalized spacial score (nSPS) is 10.2. The Balaban J connectivity index is 2.78. The van der Waals surface area contributed by atoms with E-state index >= 15 is 0 Å². The van der Waals surface area contributed by atoms with Crippen molar-refractivity contribution in [2.75, 3.05) is 7.11 Å². The predicted molar refractivity (Wildman–Crippen MR) is 78.3 cm³/mol. The number of carboxylic acid groups (broad SMARTS) is 1. The maximum Gasteiger partial charge on any atom is 0.353 e. The van der Waals surface area contributed by atoms with E-state index in [9.17, 15) is 14.7 Å². The molecule has 0 spiro atoms. The van der Waals surface area contributed by atoms with Crippen molar-refractivity contribution >= 4 is 28.6 Å². The van der Waals surface area contributed by atoms with Gasteiger partial charge in [0.15, 0.2) is 5.75 Å². The predicted octanol–water partition coefficient (Wildman–Crippen LogP) is 2.15. The first-order valence-electron chi connectivity index (χ1n) is 5.33. The van der Waals surface area contributed by atoms with Gasteiger partial charge in [0.05, 0.1) is 19.0 Å². The summed E-state index contributed by atoms with van der Waals surface area (Å²) in [4.78, 5) is 22.9. The molecule has 1 N–H and O–H groups in total. The average Bonchev–Trinajstić information content (AvgIpc) is 2.39. The molecule has 0 saturated carbocycles. The highest BCUT2D eigenvalue weighted by molar-refractivity contribution is 14.1. The third-order valence-electron chi connectivity index (χ3n) is 2.57. The van der Waals surface area contributed by atoms with Crippen molar-refractivity contribution in [3.63, 3.8) is 0 Å². The summed E-state index contributed by atoms with van der Waals surface area (Å²) in [6.07, 6.45) is 1.39.